The number of likely N-dealkylation sites (N-methyl/N-ethyl adjacent to an activating group) is 1. The smallest absolute Gasteiger partial charge is 0.119 e. The molecule has 1 N–H and O–H groups in total. The van der Waals surface area contributed by atoms with E-state index in [0.29, 0.717) is 18.2 Å². The van der Waals surface area contributed by atoms with Crippen molar-refractivity contribution < 1.29 is 4.74 Å². The maximum atomic E-state index is 8.67. The van der Waals surface area contributed by atoms with Crippen molar-refractivity contribution in [1.82, 2.24) is 10.2 Å². The number of nitrogens with zero attached hydrogens (tertiary/aromatic N) is 2. The molecular weight excluding hydrogens is 214 g/mol. The predicted octanol–water partition coefficient (Wildman–Crippen LogP) is 0.841. The molecule has 0 atom stereocenters. The second-order valence-electron chi connectivity index (χ2n) is 4.28. The Labute approximate surface area is 102 Å². The molecule has 1 heterocycles. The van der Waals surface area contributed by atoms with Gasteiger partial charge < -0.3 is 10.1 Å². The summed E-state index contributed by atoms with van der Waals surface area (Å²) in [4.78, 5) is 2.31. The van der Waals surface area contributed by atoms with Gasteiger partial charge in [-0.3, -0.25) is 4.90 Å². The van der Waals surface area contributed by atoms with Gasteiger partial charge in [0, 0.05) is 25.7 Å². The number of ether oxygens (including phenoxy) is 1. The lowest BCUT2D eigenvalue weighted by Crippen LogP contribution is -2.56. The molecule has 0 aliphatic carbocycles. The lowest BCUT2D eigenvalue weighted by atomic mass is 10.1. The first-order valence-electron chi connectivity index (χ1n) is 5.83. The van der Waals surface area contributed by atoms with Crippen molar-refractivity contribution in [3.63, 3.8) is 0 Å². The number of nitriles is 1. The largest absolute Gasteiger partial charge is 0.492 e. The summed E-state index contributed by atoms with van der Waals surface area (Å²) in [7, 11) is 2.12. The third-order valence-electron chi connectivity index (χ3n) is 3.08. The van der Waals surface area contributed by atoms with Crippen LogP contribution in [0.3, 0.4) is 0 Å². The highest BCUT2D eigenvalue weighted by Gasteiger charge is 2.20. The van der Waals surface area contributed by atoms with Gasteiger partial charge in [-0.25, -0.2) is 0 Å². The lowest BCUT2D eigenvalue weighted by Gasteiger charge is -2.35. The van der Waals surface area contributed by atoms with E-state index in [4.69, 9.17) is 10.00 Å². The standard InChI is InChI=1S/C13H17N3O/c1-16(12-9-15-10-12)6-7-17-13-4-2-11(8-14)3-5-13/h2-5,12,15H,6-7,9-10H2,1H3. The fourth-order valence-corrected chi connectivity index (χ4v) is 1.70. The van der Waals surface area contributed by atoms with E-state index in [1.165, 1.54) is 0 Å². The lowest BCUT2D eigenvalue weighted by molar-refractivity contribution is 0.151. The SMILES string of the molecule is CN(CCOc1ccc(C#N)cc1)C1CNC1. The Bertz CT molecular complexity index is 392. The van der Waals surface area contributed by atoms with Crippen molar-refractivity contribution in [2.24, 2.45) is 0 Å². The van der Waals surface area contributed by atoms with Gasteiger partial charge >= 0.3 is 0 Å². The van der Waals surface area contributed by atoms with E-state index in [-0.39, 0.29) is 0 Å². The predicted molar refractivity (Wildman–Crippen MR) is 65.9 cm³/mol. The van der Waals surface area contributed by atoms with Gasteiger partial charge in [0.1, 0.15) is 12.4 Å². The molecule has 17 heavy (non-hydrogen) atoms. The fraction of sp³-hybridized carbons (Fsp3) is 0.462. The van der Waals surface area contributed by atoms with Crippen molar-refractivity contribution in [1.29, 1.82) is 5.26 Å². The van der Waals surface area contributed by atoms with E-state index in [2.05, 4.69) is 23.3 Å². The summed E-state index contributed by atoms with van der Waals surface area (Å²) >= 11 is 0. The van der Waals surface area contributed by atoms with Crippen LogP contribution in [0.15, 0.2) is 24.3 Å². The molecule has 90 valence electrons. The second-order valence-corrected chi connectivity index (χ2v) is 4.28. The number of rotatable bonds is 5. The highest BCUT2D eigenvalue weighted by atomic mass is 16.5. The zero-order valence-electron chi connectivity index (χ0n) is 10.0. The third-order valence-corrected chi connectivity index (χ3v) is 3.08. The first-order valence-corrected chi connectivity index (χ1v) is 5.83. The minimum Gasteiger partial charge on any atom is -0.492 e. The summed E-state index contributed by atoms with van der Waals surface area (Å²) in [5, 5.41) is 11.9. The van der Waals surface area contributed by atoms with Crippen LogP contribution in [0.5, 0.6) is 5.75 Å². The van der Waals surface area contributed by atoms with Crippen LogP contribution in [0.1, 0.15) is 5.56 Å². The number of nitrogens with one attached hydrogen (secondary N) is 1. The zero-order chi connectivity index (χ0) is 12.1. The van der Waals surface area contributed by atoms with Gasteiger partial charge in [-0.15, -0.1) is 0 Å². The zero-order valence-corrected chi connectivity index (χ0v) is 10.0. The van der Waals surface area contributed by atoms with Crippen LogP contribution in [0.4, 0.5) is 0 Å². The summed E-state index contributed by atoms with van der Waals surface area (Å²) < 4.78 is 5.62. The maximum Gasteiger partial charge on any atom is 0.119 e. The molecule has 0 aromatic heterocycles. The van der Waals surface area contributed by atoms with Crippen LogP contribution in [0, 0.1) is 11.3 Å². The molecule has 0 spiro atoms. The maximum absolute atomic E-state index is 8.67. The molecule has 1 aromatic carbocycles. The van der Waals surface area contributed by atoms with Crippen LogP contribution < -0.4 is 10.1 Å². The normalized spacial score (nSPS) is 15.4. The topological polar surface area (TPSA) is 48.3 Å². The Hall–Kier alpha value is -1.57. The van der Waals surface area contributed by atoms with E-state index in [1.54, 1.807) is 12.1 Å². The minimum atomic E-state index is 0.652. The monoisotopic (exact) mass is 231 g/mol. The summed E-state index contributed by atoms with van der Waals surface area (Å²) in [5.41, 5.74) is 0.662. The van der Waals surface area contributed by atoms with E-state index in [0.717, 1.165) is 25.4 Å². The van der Waals surface area contributed by atoms with E-state index >= 15 is 0 Å². The van der Waals surface area contributed by atoms with Crippen LogP contribution >= 0.6 is 0 Å². The van der Waals surface area contributed by atoms with Crippen LogP contribution in [0.2, 0.25) is 0 Å². The summed E-state index contributed by atoms with van der Waals surface area (Å²) in [6.07, 6.45) is 0. The molecule has 1 fully saturated rings. The molecule has 1 aliphatic heterocycles. The Morgan fingerprint density at radius 1 is 1.41 bits per heavy atom. The second kappa shape index (κ2) is 5.67. The quantitative estimate of drug-likeness (QED) is 0.816. The average molecular weight is 231 g/mol. The molecule has 1 aliphatic rings. The van der Waals surface area contributed by atoms with Crippen molar-refractivity contribution >= 4 is 0 Å². The van der Waals surface area contributed by atoms with E-state index in [1.807, 2.05) is 12.1 Å². The van der Waals surface area contributed by atoms with Gasteiger partial charge in [0.05, 0.1) is 11.6 Å². The first kappa shape index (κ1) is 11.9. The fourth-order valence-electron chi connectivity index (χ4n) is 1.70. The summed E-state index contributed by atoms with van der Waals surface area (Å²) in [6.45, 7) is 3.76. The third kappa shape index (κ3) is 3.19. The van der Waals surface area contributed by atoms with Crippen LogP contribution in [-0.4, -0.2) is 44.2 Å². The first-order chi connectivity index (χ1) is 8.29. The van der Waals surface area contributed by atoms with Crippen LogP contribution in [0.25, 0.3) is 0 Å². The highest BCUT2D eigenvalue weighted by Crippen LogP contribution is 2.11. The molecule has 1 saturated heterocycles. The summed E-state index contributed by atoms with van der Waals surface area (Å²) in [5.74, 6) is 0.823. The van der Waals surface area contributed by atoms with Gasteiger partial charge in [-0.1, -0.05) is 0 Å². The molecule has 0 amide bonds. The van der Waals surface area contributed by atoms with Crippen molar-refractivity contribution in [2.45, 2.75) is 6.04 Å². The Kier molecular flexibility index (Phi) is 3.97. The molecule has 2 rings (SSSR count). The number of hydrogen-bond acceptors (Lipinski definition) is 4. The van der Waals surface area contributed by atoms with Crippen LogP contribution in [-0.2, 0) is 0 Å². The van der Waals surface area contributed by atoms with E-state index < -0.39 is 0 Å². The van der Waals surface area contributed by atoms with Gasteiger partial charge in [0.2, 0.25) is 0 Å². The number of benzene rings is 1. The Balaban J connectivity index is 1.72. The van der Waals surface area contributed by atoms with Gasteiger partial charge in [-0.2, -0.15) is 5.26 Å². The number of hydrogen-bond donors (Lipinski definition) is 1. The summed E-state index contributed by atoms with van der Waals surface area (Å²) in [6, 6.07) is 9.96. The van der Waals surface area contributed by atoms with Gasteiger partial charge in [0.25, 0.3) is 0 Å². The van der Waals surface area contributed by atoms with Crippen molar-refractivity contribution in [3.8, 4) is 11.8 Å². The average Bonchev–Trinajstić information content (AvgIpc) is 2.27. The minimum absolute atomic E-state index is 0.652. The Morgan fingerprint density at radius 2 is 2.12 bits per heavy atom. The molecule has 4 heteroatoms. The molecular formula is C13H17N3O. The molecule has 4 nitrogen and oxygen atoms in total. The molecule has 0 radical (unpaired) electrons. The molecule has 1 aromatic rings. The van der Waals surface area contributed by atoms with Crippen molar-refractivity contribution in [3.05, 3.63) is 29.8 Å². The molecule has 0 bridgehead atoms. The molecule has 0 saturated carbocycles. The highest BCUT2D eigenvalue weighted by molar-refractivity contribution is 5.34. The van der Waals surface area contributed by atoms with Gasteiger partial charge in [0.15, 0.2) is 0 Å². The van der Waals surface area contributed by atoms with E-state index in [9.17, 15) is 0 Å². The van der Waals surface area contributed by atoms with Crippen molar-refractivity contribution in [2.75, 3.05) is 33.3 Å². The van der Waals surface area contributed by atoms with Gasteiger partial charge in [-0.05, 0) is 31.3 Å². The molecule has 0 unspecified atom stereocenters. The Morgan fingerprint density at radius 3 is 2.65 bits per heavy atom.